The molecule has 2 nitrogen and oxygen atoms in total. The number of rotatable bonds is 2. The first-order valence-corrected chi connectivity index (χ1v) is 5.50. The molecule has 0 fully saturated rings. The maximum absolute atomic E-state index is 12.8. The fraction of sp³-hybridized carbons (Fsp3) is 0.182. The second-order valence-electron chi connectivity index (χ2n) is 3.22. The third-order valence-electron chi connectivity index (χ3n) is 2.22. The van der Waals surface area contributed by atoms with E-state index in [9.17, 15) is 4.39 Å². The van der Waals surface area contributed by atoms with Crippen molar-refractivity contribution in [1.82, 2.24) is 9.97 Å². The number of hydrogen-bond acceptors (Lipinski definition) is 1. The topological polar surface area (TPSA) is 28.7 Å². The summed E-state index contributed by atoms with van der Waals surface area (Å²) in [4.78, 5) is 7.44. The molecule has 2 rings (SSSR count). The number of benzene rings is 1. The van der Waals surface area contributed by atoms with E-state index in [0.29, 0.717) is 4.73 Å². The molecule has 1 aromatic carbocycles. The van der Waals surface area contributed by atoms with Crippen molar-refractivity contribution >= 4 is 15.9 Å². The van der Waals surface area contributed by atoms with Crippen molar-refractivity contribution < 1.29 is 4.39 Å². The van der Waals surface area contributed by atoms with Gasteiger partial charge in [0.2, 0.25) is 0 Å². The molecule has 0 amide bonds. The largest absolute Gasteiger partial charge is 0.336 e. The van der Waals surface area contributed by atoms with Crippen LogP contribution in [0.5, 0.6) is 0 Å². The van der Waals surface area contributed by atoms with Crippen molar-refractivity contribution in [3.63, 3.8) is 0 Å². The lowest BCUT2D eigenvalue weighted by Crippen LogP contribution is -1.86. The number of hydrogen-bond donors (Lipinski definition) is 1. The van der Waals surface area contributed by atoms with Crippen LogP contribution in [0, 0.1) is 5.82 Å². The van der Waals surface area contributed by atoms with Gasteiger partial charge in [0.25, 0.3) is 0 Å². The Labute approximate surface area is 95.7 Å². The zero-order valence-electron chi connectivity index (χ0n) is 8.22. The van der Waals surface area contributed by atoms with Crippen LogP contribution < -0.4 is 0 Å². The maximum atomic E-state index is 12.8. The normalized spacial score (nSPS) is 10.6. The van der Waals surface area contributed by atoms with Crippen molar-refractivity contribution in [2.45, 2.75) is 13.3 Å². The van der Waals surface area contributed by atoms with E-state index in [1.807, 2.05) is 6.92 Å². The highest BCUT2D eigenvalue weighted by molar-refractivity contribution is 9.10. The summed E-state index contributed by atoms with van der Waals surface area (Å²) in [5.41, 5.74) is 2.85. The second kappa shape index (κ2) is 4.14. The molecular formula is C11H10BrFN2. The van der Waals surface area contributed by atoms with Crippen LogP contribution in [-0.4, -0.2) is 9.97 Å². The van der Waals surface area contributed by atoms with E-state index in [4.69, 9.17) is 0 Å². The van der Waals surface area contributed by atoms with Crippen molar-refractivity contribution in [2.75, 3.05) is 0 Å². The van der Waals surface area contributed by atoms with Gasteiger partial charge in [0.1, 0.15) is 5.82 Å². The van der Waals surface area contributed by atoms with Gasteiger partial charge in [0, 0.05) is 11.3 Å². The van der Waals surface area contributed by atoms with Crippen LogP contribution in [0.25, 0.3) is 11.3 Å². The highest BCUT2D eigenvalue weighted by Crippen LogP contribution is 2.24. The van der Waals surface area contributed by atoms with Crippen LogP contribution in [0.15, 0.2) is 29.0 Å². The summed E-state index contributed by atoms with van der Waals surface area (Å²) in [6.07, 6.45) is 0.866. The molecule has 2 aromatic rings. The molecule has 0 atom stereocenters. The standard InChI is InChI=1S/C11H10BrFN2/c1-2-9-10(15-11(12)14-9)7-3-5-8(13)6-4-7/h3-6H,2H2,1H3,(H,14,15). The van der Waals surface area contributed by atoms with Gasteiger partial charge in [-0.15, -0.1) is 0 Å². The molecule has 0 aliphatic carbocycles. The molecule has 0 aliphatic rings. The molecule has 78 valence electrons. The summed E-state index contributed by atoms with van der Waals surface area (Å²) < 4.78 is 13.5. The van der Waals surface area contributed by atoms with Gasteiger partial charge in [-0.3, -0.25) is 0 Å². The number of halogens is 2. The van der Waals surface area contributed by atoms with Gasteiger partial charge in [-0.25, -0.2) is 9.37 Å². The predicted octanol–water partition coefficient (Wildman–Crippen LogP) is 3.54. The Hall–Kier alpha value is -1.16. The Morgan fingerprint density at radius 3 is 2.60 bits per heavy atom. The van der Waals surface area contributed by atoms with Gasteiger partial charge in [-0.1, -0.05) is 6.92 Å². The van der Waals surface area contributed by atoms with E-state index in [-0.39, 0.29) is 5.82 Å². The molecule has 0 saturated heterocycles. The summed E-state index contributed by atoms with van der Waals surface area (Å²) in [5, 5.41) is 0. The highest BCUT2D eigenvalue weighted by Gasteiger charge is 2.09. The van der Waals surface area contributed by atoms with Crippen LogP contribution in [0.1, 0.15) is 12.6 Å². The van der Waals surface area contributed by atoms with E-state index >= 15 is 0 Å². The van der Waals surface area contributed by atoms with Gasteiger partial charge in [0.15, 0.2) is 4.73 Å². The quantitative estimate of drug-likeness (QED) is 0.887. The molecule has 0 radical (unpaired) electrons. The Bertz CT molecular complexity index is 462. The molecule has 0 spiro atoms. The van der Waals surface area contributed by atoms with Crippen molar-refractivity contribution in [1.29, 1.82) is 0 Å². The third kappa shape index (κ3) is 2.09. The zero-order valence-corrected chi connectivity index (χ0v) is 9.81. The molecule has 15 heavy (non-hydrogen) atoms. The predicted molar refractivity (Wildman–Crippen MR) is 61.1 cm³/mol. The average molecular weight is 269 g/mol. The average Bonchev–Trinajstić information content (AvgIpc) is 2.61. The lowest BCUT2D eigenvalue weighted by molar-refractivity contribution is 0.628. The number of aromatic nitrogens is 2. The maximum Gasteiger partial charge on any atom is 0.175 e. The monoisotopic (exact) mass is 268 g/mol. The van der Waals surface area contributed by atoms with Gasteiger partial charge in [-0.05, 0) is 46.6 Å². The number of aromatic amines is 1. The van der Waals surface area contributed by atoms with Crippen LogP contribution >= 0.6 is 15.9 Å². The van der Waals surface area contributed by atoms with Crippen LogP contribution in [0.3, 0.4) is 0 Å². The summed E-state index contributed by atoms with van der Waals surface area (Å²) in [5.74, 6) is -0.230. The summed E-state index contributed by atoms with van der Waals surface area (Å²) in [6, 6.07) is 6.35. The molecule has 0 bridgehead atoms. The smallest absolute Gasteiger partial charge is 0.175 e. The molecule has 1 aromatic heterocycles. The van der Waals surface area contributed by atoms with E-state index in [1.165, 1.54) is 12.1 Å². The van der Waals surface area contributed by atoms with Crippen LogP contribution in [0.2, 0.25) is 0 Å². The minimum absolute atomic E-state index is 0.230. The first-order chi connectivity index (χ1) is 7.20. The van der Waals surface area contributed by atoms with Gasteiger partial charge in [-0.2, -0.15) is 0 Å². The molecule has 0 saturated carbocycles. The number of nitrogens with zero attached hydrogens (tertiary/aromatic N) is 1. The van der Waals surface area contributed by atoms with Gasteiger partial charge >= 0.3 is 0 Å². The van der Waals surface area contributed by atoms with Crippen LogP contribution in [-0.2, 0) is 6.42 Å². The summed E-state index contributed by atoms with van der Waals surface area (Å²) in [6.45, 7) is 2.05. The minimum Gasteiger partial charge on any atom is -0.336 e. The molecular weight excluding hydrogens is 259 g/mol. The lowest BCUT2D eigenvalue weighted by atomic mass is 10.1. The first kappa shape index (κ1) is 10.4. The Balaban J connectivity index is 2.48. The second-order valence-corrected chi connectivity index (χ2v) is 3.97. The fourth-order valence-corrected chi connectivity index (χ4v) is 1.90. The Morgan fingerprint density at radius 2 is 2.00 bits per heavy atom. The van der Waals surface area contributed by atoms with Crippen LogP contribution in [0.4, 0.5) is 4.39 Å². The number of aryl methyl sites for hydroxylation is 1. The number of nitrogens with one attached hydrogen (secondary N) is 1. The molecule has 0 aliphatic heterocycles. The summed E-state index contributed by atoms with van der Waals surface area (Å²) in [7, 11) is 0. The molecule has 4 heteroatoms. The zero-order chi connectivity index (χ0) is 10.8. The van der Waals surface area contributed by atoms with Crippen molar-refractivity contribution in [3.05, 3.63) is 40.5 Å². The third-order valence-corrected chi connectivity index (χ3v) is 2.60. The van der Waals surface area contributed by atoms with Crippen molar-refractivity contribution in [2.24, 2.45) is 0 Å². The Kier molecular flexibility index (Phi) is 2.86. The Morgan fingerprint density at radius 1 is 1.33 bits per heavy atom. The molecule has 1 N–H and O–H groups in total. The van der Waals surface area contributed by atoms with Gasteiger partial charge in [0.05, 0.1) is 5.69 Å². The first-order valence-electron chi connectivity index (χ1n) is 4.71. The minimum atomic E-state index is -0.230. The lowest BCUT2D eigenvalue weighted by Gasteiger charge is -1.99. The van der Waals surface area contributed by atoms with E-state index in [2.05, 4.69) is 25.9 Å². The molecule has 0 unspecified atom stereocenters. The SMILES string of the molecule is CCc1[nH]c(Br)nc1-c1ccc(F)cc1. The molecule has 1 heterocycles. The van der Waals surface area contributed by atoms with E-state index in [0.717, 1.165) is 23.4 Å². The van der Waals surface area contributed by atoms with Gasteiger partial charge < -0.3 is 4.98 Å². The van der Waals surface area contributed by atoms with Crippen molar-refractivity contribution in [3.8, 4) is 11.3 Å². The fourth-order valence-electron chi connectivity index (χ4n) is 1.48. The van der Waals surface area contributed by atoms with E-state index < -0.39 is 0 Å². The summed E-state index contributed by atoms with van der Waals surface area (Å²) >= 11 is 3.29. The number of imidazole rings is 1. The number of H-pyrrole nitrogens is 1. The highest BCUT2D eigenvalue weighted by atomic mass is 79.9. The van der Waals surface area contributed by atoms with E-state index in [1.54, 1.807) is 12.1 Å².